The van der Waals surface area contributed by atoms with Crippen molar-refractivity contribution in [1.82, 2.24) is 5.32 Å². The molecule has 2 fully saturated rings. The highest BCUT2D eigenvalue weighted by molar-refractivity contribution is 6.00. The number of benzene rings is 2. The number of hydrogen-bond donors (Lipinski definition) is 1. The van der Waals surface area contributed by atoms with Crippen LogP contribution in [-0.2, 0) is 9.59 Å². The highest BCUT2D eigenvalue weighted by Crippen LogP contribution is 2.29. The second kappa shape index (κ2) is 8.46. The Morgan fingerprint density at radius 1 is 0.929 bits per heavy atom. The van der Waals surface area contributed by atoms with E-state index in [4.69, 9.17) is 4.74 Å². The molecule has 1 saturated heterocycles. The highest BCUT2D eigenvalue weighted by Gasteiger charge is 2.35. The van der Waals surface area contributed by atoms with Crippen LogP contribution in [0, 0.1) is 5.92 Å². The van der Waals surface area contributed by atoms with Crippen molar-refractivity contribution in [2.75, 3.05) is 11.4 Å². The minimum Gasteiger partial charge on any atom is -0.457 e. The summed E-state index contributed by atoms with van der Waals surface area (Å²) in [6.45, 7) is 0.441. The lowest BCUT2D eigenvalue weighted by Gasteiger charge is -2.24. The van der Waals surface area contributed by atoms with Gasteiger partial charge in [0.25, 0.3) is 0 Å². The van der Waals surface area contributed by atoms with Crippen molar-refractivity contribution in [3.8, 4) is 11.5 Å². The Morgan fingerprint density at radius 2 is 1.61 bits per heavy atom. The van der Waals surface area contributed by atoms with Gasteiger partial charge in [0.1, 0.15) is 11.5 Å². The van der Waals surface area contributed by atoms with Crippen LogP contribution in [0.1, 0.15) is 38.5 Å². The summed E-state index contributed by atoms with van der Waals surface area (Å²) in [7, 11) is 0. The first-order chi connectivity index (χ1) is 13.7. The minimum atomic E-state index is -0.269. The van der Waals surface area contributed by atoms with Crippen LogP contribution < -0.4 is 15.0 Å². The summed E-state index contributed by atoms with van der Waals surface area (Å²) in [5.41, 5.74) is 0.804. The van der Waals surface area contributed by atoms with Crippen LogP contribution in [0.5, 0.6) is 11.5 Å². The molecule has 0 aromatic heterocycles. The Morgan fingerprint density at radius 3 is 2.32 bits per heavy atom. The van der Waals surface area contributed by atoms with Gasteiger partial charge in [-0.15, -0.1) is 0 Å². The number of para-hydroxylation sites is 1. The van der Waals surface area contributed by atoms with Gasteiger partial charge in [-0.3, -0.25) is 9.59 Å². The zero-order valence-electron chi connectivity index (χ0n) is 16.0. The Kier molecular flexibility index (Phi) is 5.60. The molecule has 2 aromatic rings. The minimum absolute atomic E-state index is 0.000483. The standard InChI is InChI=1S/C23H26N2O3/c26-22-15-17(23(27)24-18-7-3-1-4-8-18)16-25(22)19-11-13-21(14-12-19)28-20-9-5-2-6-10-20/h2,5-6,9-14,17-18H,1,3-4,7-8,15-16H2,(H,24,27). The Hall–Kier alpha value is -2.82. The molecular weight excluding hydrogens is 352 g/mol. The number of carbonyl (C=O) groups excluding carboxylic acids is 2. The number of ether oxygens (including phenoxy) is 1. The van der Waals surface area contributed by atoms with Crippen molar-refractivity contribution in [1.29, 1.82) is 0 Å². The quantitative estimate of drug-likeness (QED) is 0.845. The molecule has 5 nitrogen and oxygen atoms in total. The van der Waals surface area contributed by atoms with Crippen molar-refractivity contribution >= 4 is 17.5 Å². The zero-order chi connectivity index (χ0) is 19.3. The third kappa shape index (κ3) is 4.35. The van der Waals surface area contributed by atoms with Crippen LogP contribution in [-0.4, -0.2) is 24.4 Å². The third-order valence-electron chi connectivity index (χ3n) is 5.57. The van der Waals surface area contributed by atoms with Gasteiger partial charge in [0.15, 0.2) is 0 Å². The molecule has 1 atom stereocenters. The molecule has 146 valence electrons. The zero-order valence-corrected chi connectivity index (χ0v) is 16.0. The van der Waals surface area contributed by atoms with Gasteiger partial charge in [-0.05, 0) is 49.2 Å². The number of anilines is 1. The lowest BCUT2D eigenvalue weighted by molar-refractivity contribution is -0.127. The molecule has 2 aromatic carbocycles. The summed E-state index contributed by atoms with van der Waals surface area (Å²) < 4.78 is 5.80. The normalized spacial score (nSPS) is 20.2. The fraction of sp³-hybridized carbons (Fsp3) is 0.391. The van der Waals surface area contributed by atoms with E-state index in [1.807, 2.05) is 54.6 Å². The van der Waals surface area contributed by atoms with Gasteiger partial charge >= 0.3 is 0 Å². The van der Waals surface area contributed by atoms with Crippen molar-refractivity contribution in [2.45, 2.75) is 44.6 Å². The van der Waals surface area contributed by atoms with Crippen molar-refractivity contribution in [2.24, 2.45) is 5.92 Å². The summed E-state index contributed by atoms with van der Waals surface area (Å²) in [5, 5.41) is 3.15. The predicted molar refractivity (Wildman–Crippen MR) is 108 cm³/mol. The molecule has 1 saturated carbocycles. The first-order valence-electron chi connectivity index (χ1n) is 10.1. The Bertz CT molecular complexity index is 814. The number of carbonyl (C=O) groups is 2. The molecule has 5 heteroatoms. The molecule has 4 rings (SSSR count). The maximum atomic E-state index is 12.6. The Balaban J connectivity index is 1.36. The van der Waals surface area contributed by atoms with E-state index in [2.05, 4.69) is 5.32 Å². The van der Waals surface area contributed by atoms with Crippen LogP contribution in [0.15, 0.2) is 54.6 Å². The lowest BCUT2D eigenvalue weighted by atomic mass is 9.95. The SMILES string of the molecule is O=C(NC1CCCCC1)C1CC(=O)N(c2ccc(Oc3ccccc3)cc2)C1. The van der Waals surface area contributed by atoms with Gasteiger partial charge in [-0.2, -0.15) is 0 Å². The van der Waals surface area contributed by atoms with E-state index in [0.717, 1.165) is 24.3 Å². The maximum absolute atomic E-state index is 12.6. The monoisotopic (exact) mass is 378 g/mol. The molecule has 1 N–H and O–H groups in total. The Labute approximate surface area is 165 Å². The number of hydrogen-bond acceptors (Lipinski definition) is 3. The van der Waals surface area contributed by atoms with Gasteiger partial charge in [0, 0.05) is 24.7 Å². The van der Waals surface area contributed by atoms with Gasteiger partial charge in [0.05, 0.1) is 5.92 Å². The van der Waals surface area contributed by atoms with E-state index in [1.165, 1.54) is 19.3 Å². The molecule has 1 heterocycles. The summed E-state index contributed by atoms with van der Waals surface area (Å²) in [5.74, 6) is 1.24. The molecule has 1 aliphatic carbocycles. The number of amides is 2. The second-order valence-corrected chi connectivity index (χ2v) is 7.66. The molecule has 0 bridgehead atoms. The molecule has 1 unspecified atom stereocenters. The van der Waals surface area contributed by atoms with Crippen LogP contribution in [0.4, 0.5) is 5.69 Å². The molecule has 0 radical (unpaired) electrons. The summed E-state index contributed by atoms with van der Waals surface area (Å²) in [6.07, 6.45) is 6.00. The van der Waals surface area contributed by atoms with E-state index < -0.39 is 0 Å². The fourth-order valence-electron chi connectivity index (χ4n) is 4.02. The van der Waals surface area contributed by atoms with E-state index in [9.17, 15) is 9.59 Å². The van der Waals surface area contributed by atoms with Crippen LogP contribution >= 0.6 is 0 Å². The van der Waals surface area contributed by atoms with Crippen molar-refractivity contribution in [3.05, 3.63) is 54.6 Å². The predicted octanol–water partition coefficient (Wildman–Crippen LogP) is 4.28. The van der Waals surface area contributed by atoms with Crippen LogP contribution in [0.25, 0.3) is 0 Å². The molecule has 2 amide bonds. The number of nitrogens with one attached hydrogen (secondary N) is 1. The van der Waals surface area contributed by atoms with Crippen LogP contribution in [0.2, 0.25) is 0 Å². The largest absolute Gasteiger partial charge is 0.457 e. The molecule has 2 aliphatic rings. The fourth-order valence-corrected chi connectivity index (χ4v) is 4.02. The van der Waals surface area contributed by atoms with Crippen LogP contribution in [0.3, 0.4) is 0 Å². The van der Waals surface area contributed by atoms with Crippen molar-refractivity contribution in [3.63, 3.8) is 0 Å². The maximum Gasteiger partial charge on any atom is 0.227 e. The average molecular weight is 378 g/mol. The average Bonchev–Trinajstić information content (AvgIpc) is 3.12. The highest BCUT2D eigenvalue weighted by atomic mass is 16.5. The van der Waals surface area contributed by atoms with E-state index in [0.29, 0.717) is 12.3 Å². The summed E-state index contributed by atoms with van der Waals surface area (Å²) in [4.78, 5) is 26.8. The number of rotatable bonds is 5. The lowest BCUT2D eigenvalue weighted by Crippen LogP contribution is -2.40. The molecule has 28 heavy (non-hydrogen) atoms. The second-order valence-electron chi connectivity index (χ2n) is 7.66. The van der Waals surface area contributed by atoms with Gasteiger partial charge in [-0.25, -0.2) is 0 Å². The third-order valence-corrected chi connectivity index (χ3v) is 5.57. The summed E-state index contributed by atoms with van der Waals surface area (Å²) >= 11 is 0. The molecule has 1 aliphatic heterocycles. The van der Waals surface area contributed by atoms with Gasteiger partial charge < -0.3 is 15.0 Å². The van der Waals surface area contributed by atoms with Crippen molar-refractivity contribution < 1.29 is 14.3 Å². The first kappa shape index (κ1) is 18.5. The first-order valence-corrected chi connectivity index (χ1v) is 10.1. The summed E-state index contributed by atoms with van der Waals surface area (Å²) in [6, 6.07) is 17.3. The molecule has 0 spiro atoms. The van der Waals surface area contributed by atoms with Gasteiger partial charge in [-0.1, -0.05) is 37.5 Å². The van der Waals surface area contributed by atoms with E-state index >= 15 is 0 Å². The topological polar surface area (TPSA) is 58.6 Å². The smallest absolute Gasteiger partial charge is 0.227 e. The van der Waals surface area contributed by atoms with E-state index in [1.54, 1.807) is 4.90 Å². The van der Waals surface area contributed by atoms with Gasteiger partial charge in [0.2, 0.25) is 11.8 Å². The number of nitrogens with zero attached hydrogens (tertiary/aromatic N) is 1. The molecular formula is C23H26N2O3. The van der Waals surface area contributed by atoms with E-state index in [-0.39, 0.29) is 30.2 Å².